The Bertz CT molecular complexity index is 1350. The summed E-state index contributed by atoms with van der Waals surface area (Å²) in [6, 6.07) is 21.2. The molecule has 0 spiro atoms. The number of carboxylic acids is 1. The molecule has 4 aromatic rings. The van der Waals surface area contributed by atoms with Crippen LogP contribution in [0, 0.1) is 23.2 Å². The van der Waals surface area contributed by atoms with E-state index in [0.29, 0.717) is 28.2 Å². The van der Waals surface area contributed by atoms with Gasteiger partial charge in [0, 0.05) is 11.8 Å². The van der Waals surface area contributed by atoms with E-state index in [0.717, 1.165) is 0 Å². The second-order valence-corrected chi connectivity index (χ2v) is 6.37. The van der Waals surface area contributed by atoms with Crippen LogP contribution in [-0.2, 0) is 6.61 Å². The fourth-order valence-electron chi connectivity index (χ4n) is 2.99. The normalized spacial score (nSPS) is 10.1. The zero-order valence-electron chi connectivity index (χ0n) is 15.7. The molecule has 2 aromatic carbocycles. The van der Waals surface area contributed by atoms with Crippen LogP contribution in [0.5, 0.6) is 5.75 Å². The highest BCUT2D eigenvalue weighted by Gasteiger charge is 2.14. The molecule has 144 valence electrons. The lowest BCUT2D eigenvalue weighted by Crippen LogP contribution is -2.04. The van der Waals surface area contributed by atoms with Crippen LogP contribution in [0.2, 0.25) is 0 Å². The number of ether oxygens (including phenoxy) is 1. The number of para-hydroxylation sites is 1. The molecule has 4 rings (SSSR count). The SMILES string of the molecule is N#Cc1cccc(C#Cc2c(COc3ccccc3C(=O)O)nc3ccccn23)c1. The first kappa shape index (κ1) is 18.8. The number of benzene rings is 2. The lowest BCUT2D eigenvalue weighted by molar-refractivity contribution is 0.0691. The van der Waals surface area contributed by atoms with Crippen molar-refractivity contribution < 1.29 is 14.6 Å². The Balaban J connectivity index is 1.71. The van der Waals surface area contributed by atoms with Crippen molar-refractivity contribution >= 4 is 11.6 Å². The largest absolute Gasteiger partial charge is 0.486 e. The third-order valence-electron chi connectivity index (χ3n) is 4.40. The maximum absolute atomic E-state index is 11.4. The van der Waals surface area contributed by atoms with Crippen LogP contribution in [0.3, 0.4) is 0 Å². The number of aromatic carboxylic acids is 1. The number of fused-ring (bicyclic) bond motifs is 1. The summed E-state index contributed by atoms with van der Waals surface area (Å²) >= 11 is 0. The summed E-state index contributed by atoms with van der Waals surface area (Å²) in [5, 5.41) is 18.4. The number of aromatic nitrogens is 2. The van der Waals surface area contributed by atoms with E-state index >= 15 is 0 Å². The van der Waals surface area contributed by atoms with Gasteiger partial charge in [-0.15, -0.1) is 0 Å². The quantitative estimate of drug-likeness (QED) is 0.532. The van der Waals surface area contributed by atoms with Crippen LogP contribution in [0.15, 0.2) is 72.9 Å². The molecule has 0 saturated heterocycles. The number of carbonyl (C=O) groups is 1. The van der Waals surface area contributed by atoms with Gasteiger partial charge in [-0.3, -0.25) is 4.40 Å². The highest BCUT2D eigenvalue weighted by Crippen LogP contribution is 2.21. The van der Waals surface area contributed by atoms with Gasteiger partial charge in [0.25, 0.3) is 0 Å². The Kier molecular flexibility index (Phi) is 5.15. The monoisotopic (exact) mass is 393 g/mol. The van der Waals surface area contributed by atoms with Crippen LogP contribution in [0.1, 0.15) is 32.9 Å². The number of hydrogen-bond acceptors (Lipinski definition) is 4. The molecule has 0 bridgehead atoms. The number of carboxylic acid groups (broad SMARTS) is 1. The molecule has 0 unspecified atom stereocenters. The molecular formula is C24H15N3O3. The molecule has 6 heteroatoms. The topological polar surface area (TPSA) is 87.6 Å². The van der Waals surface area contributed by atoms with Gasteiger partial charge in [-0.25, -0.2) is 9.78 Å². The highest BCUT2D eigenvalue weighted by molar-refractivity contribution is 5.90. The number of nitriles is 1. The molecule has 0 atom stereocenters. The van der Waals surface area contributed by atoms with Gasteiger partial charge in [-0.2, -0.15) is 5.26 Å². The number of hydrogen-bond donors (Lipinski definition) is 1. The average molecular weight is 393 g/mol. The van der Waals surface area contributed by atoms with E-state index < -0.39 is 5.97 Å². The van der Waals surface area contributed by atoms with Gasteiger partial charge in [-0.05, 0) is 48.4 Å². The number of nitrogens with zero attached hydrogens (tertiary/aromatic N) is 3. The summed E-state index contributed by atoms with van der Waals surface area (Å²) in [6.07, 6.45) is 1.85. The van der Waals surface area contributed by atoms with E-state index in [1.54, 1.807) is 36.4 Å². The smallest absolute Gasteiger partial charge is 0.339 e. The molecular weight excluding hydrogens is 378 g/mol. The minimum Gasteiger partial charge on any atom is -0.486 e. The summed E-state index contributed by atoms with van der Waals surface area (Å²) in [7, 11) is 0. The van der Waals surface area contributed by atoms with Crippen molar-refractivity contribution in [1.29, 1.82) is 5.26 Å². The Morgan fingerprint density at radius 2 is 1.83 bits per heavy atom. The molecule has 0 aliphatic heterocycles. The molecule has 1 N–H and O–H groups in total. The molecule has 2 aromatic heterocycles. The zero-order chi connectivity index (χ0) is 20.9. The molecule has 6 nitrogen and oxygen atoms in total. The molecule has 0 radical (unpaired) electrons. The first-order valence-electron chi connectivity index (χ1n) is 9.09. The summed E-state index contributed by atoms with van der Waals surface area (Å²) in [4.78, 5) is 16.0. The first-order chi connectivity index (χ1) is 14.7. The Labute approximate surface area is 172 Å². The first-order valence-corrected chi connectivity index (χ1v) is 9.09. The molecule has 2 heterocycles. The Hall–Kier alpha value is -4.55. The van der Waals surface area contributed by atoms with Crippen LogP contribution in [0.4, 0.5) is 0 Å². The maximum atomic E-state index is 11.4. The van der Waals surface area contributed by atoms with Crippen LogP contribution >= 0.6 is 0 Å². The van der Waals surface area contributed by atoms with Crippen LogP contribution < -0.4 is 4.74 Å². The van der Waals surface area contributed by atoms with Gasteiger partial charge < -0.3 is 9.84 Å². The average Bonchev–Trinajstić information content (AvgIpc) is 3.14. The van der Waals surface area contributed by atoms with Crippen LogP contribution in [0.25, 0.3) is 5.65 Å². The van der Waals surface area contributed by atoms with Gasteiger partial charge >= 0.3 is 5.97 Å². The van der Waals surface area contributed by atoms with E-state index in [4.69, 9.17) is 10.00 Å². The predicted molar refractivity (Wildman–Crippen MR) is 110 cm³/mol. The molecule has 30 heavy (non-hydrogen) atoms. The summed E-state index contributed by atoms with van der Waals surface area (Å²) in [5.41, 5.74) is 3.27. The third-order valence-corrected chi connectivity index (χ3v) is 4.40. The van der Waals surface area contributed by atoms with Gasteiger partial charge in [0.05, 0.1) is 11.6 Å². The van der Waals surface area contributed by atoms with Gasteiger partial charge in [-0.1, -0.05) is 30.2 Å². The molecule has 0 aliphatic carbocycles. The van der Waals surface area contributed by atoms with Crippen molar-refractivity contribution in [3.63, 3.8) is 0 Å². The van der Waals surface area contributed by atoms with Gasteiger partial charge in [0.2, 0.25) is 0 Å². The Morgan fingerprint density at radius 1 is 1.03 bits per heavy atom. The number of rotatable bonds is 4. The summed E-state index contributed by atoms with van der Waals surface area (Å²) in [5.74, 6) is 5.40. The minimum absolute atomic E-state index is 0.0637. The second kappa shape index (κ2) is 8.22. The van der Waals surface area contributed by atoms with E-state index in [-0.39, 0.29) is 17.9 Å². The fourth-order valence-corrected chi connectivity index (χ4v) is 2.99. The van der Waals surface area contributed by atoms with Crippen molar-refractivity contribution in [2.75, 3.05) is 0 Å². The second-order valence-electron chi connectivity index (χ2n) is 6.37. The van der Waals surface area contributed by atoms with Crippen molar-refractivity contribution in [3.8, 4) is 23.7 Å². The fraction of sp³-hybridized carbons (Fsp3) is 0.0417. The van der Waals surface area contributed by atoms with Crippen LogP contribution in [-0.4, -0.2) is 20.5 Å². The summed E-state index contributed by atoms with van der Waals surface area (Å²) < 4.78 is 7.63. The van der Waals surface area contributed by atoms with Crippen molar-refractivity contribution in [2.45, 2.75) is 6.61 Å². The molecule has 0 fully saturated rings. The highest BCUT2D eigenvalue weighted by atomic mass is 16.5. The van der Waals surface area contributed by atoms with Crippen molar-refractivity contribution in [2.24, 2.45) is 0 Å². The maximum Gasteiger partial charge on any atom is 0.339 e. The number of pyridine rings is 1. The standard InChI is InChI=1S/C24H15N3O3/c25-15-18-7-5-6-17(14-18)11-12-21-20(26-23-10-3-4-13-27(21)23)16-30-22-9-2-1-8-19(22)24(28)29/h1-10,13-14H,16H2,(H,28,29). The number of imidazole rings is 1. The molecule has 0 saturated carbocycles. The van der Waals surface area contributed by atoms with Gasteiger partial charge in [0.1, 0.15) is 35.0 Å². The minimum atomic E-state index is -1.06. The zero-order valence-corrected chi connectivity index (χ0v) is 15.7. The van der Waals surface area contributed by atoms with Crippen molar-refractivity contribution in [1.82, 2.24) is 9.38 Å². The van der Waals surface area contributed by atoms with Crippen molar-refractivity contribution in [3.05, 3.63) is 101 Å². The molecule has 0 aliphatic rings. The van der Waals surface area contributed by atoms with E-state index in [1.165, 1.54) is 6.07 Å². The third kappa shape index (κ3) is 3.84. The lowest BCUT2D eigenvalue weighted by Gasteiger charge is -2.07. The van der Waals surface area contributed by atoms with E-state index in [1.807, 2.05) is 34.9 Å². The van der Waals surface area contributed by atoms with Gasteiger partial charge in [0.15, 0.2) is 0 Å². The van der Waals surface area contributed by atoms with E-state index in [9.17, 15) is 9.90 Å². The van der Waals surface area contributed by atoms with E-state index in [2.05, 4.69) is 22.9 Å². The lowest BCUT2D eigenvalue weighted by atomic mass is 10.1. The predicted octanol–water partition coefficient (Wildman–Crippen LogP) is 3.88. The summed E-state index contributed by atoms with van der Waals surface area (Å²) in [6.45, 7) is 0.0637. The Morgan fingerprint density at radius 3 is 2.67 bits per heavy atom. The molecule has 0 amide bonds.